The van der Waals surface area contributed by atoms with Crippen molar-refractivity contribution in [3.8, 4) is 0 Å². The number of rotatable bonds is 2. The van der Waals surface area contributed by atoms with Crippen LogP contribution < -0.4 is 13.4 Å². The van der Waals surface area contributed by atoms with Gasteiger partial charge in [0.25, 0.3) is 0 Å². The molecule has 0 atom stereocenters. The molecule has 0 aromatic heterocycles. The standard InChI is InChI=1S/C16H10N3O5S.Na/c20-16-13(9-5-1-3-7-11(9)18-16)15-14(19-24-25(21,22)23)10-6-2-4-8-12(10)17-15;/h2-8,17H,(H,18,20)(H,21,22,23);. The molecular formula is C16H10N3NaO5S. The fourth-order valence-corrected chi connectivity index (χ4v) is 3.64. The van der Waals surface area contributed by atoms with Crippen molar-refractivity contribution in [3.05, 3.63) is 59.3 Å². The molecule has 26 heavy (non-hydrogen) atoms. The van der Waals surface area contributed by atoms with E-state index >= 15 is 0 Å². The molecule has 4 rings (SSSR count). The summed E-state index contributed by atoms with van der Waals surface area (Å²) in [6.07, 6.45) is 0. The Kier molecular flexibility index (Phi) is 4.13. The molecule has 0 saturated heterocycles. The number of anilines is 2. The van der Waals surface area contributed by atoms with Gasteiger partial charge in [-0.05, 0) is 0 Å². The molecule has 2 aliphatic heterocycles. The fraction of sp³-hybridized carbons (Fsp3) is 0. The van der Waals surface area contributed by atoms with Crippen LogP contribution >= 0.6 is 0 Å². The number of nitrogens with zero attached hydrogens (tertiary/aromatic N) is 1. The molecule has 10 heteroatoms. The number of hydrogen-bond donors (Lipinski definition) is 3. The molecular weight excluding hydrogens is 369 g/mol. The van der Waals surface area contributed by atoms with Gasteiger partial charge in [0, 0.05) is 0 Å². The Bertz CT molecular complexity index is 1120. The van der Waals surface area contributed by atoms with E-state index in [-0.39, 0.29) is 11.6 Å². The average molecular weight is 379 g/mol. The predicted octanol–water partition coefficient (Wildman–Crippen LogP) is 0.793. The molecule has 0 spiro atoms. The van der Waals surface area contributed by atoms with Gasteiger partial charge in [0.05, 0.1) is 0 Å². The Labute approximate surface area is 166 Å². The number of allylic oxidation sites excluding steroid dienone is 1. The summed E-state index contributed by atoms with van der Waals surface area (Å²) in [5.41, 5.74) is 3.36. The SMILES string of the molecule is O=C1Nc2cc[c]([Na])cc2C1=C1Nc2ccccc2C1=NOS(=O)(=O)O. The molecule has 0 bridgehead atoms. The van der Waals surface area contributed by atoms with Crippen LogP contribution in [-0.4, -0.2) is 52.5 Å². The summed E-state index contributed by atoms with van der Waals surface area (Å²) in [7, 11) is -4.77. The van der Waals surface area contributed by atoms with Gasteiger partial charge in [-0.1, -0.05) is 0 Å². The molecule has 2 aromatic rings. The van der Waals surface area contributed by atoms with Crippen molar-refractivity contribution >= 4 is 69.7 Å². The van der Waals surface area contributed by atoms with Gasteiger partial charge in [0.1, 0.15) is 0 Å². The van der Waals surface area contributed by atoms with Crippen LogP contribution in [0.25, 0.3) is 5.57 Å². The van der Waals surface area contributed by atoms with Gasteiger partial charge in [0.2, 0.25) is 0 Å². The second-order valence-electron chi connectivity index (χ2n) is 5.87. The molecule has 3 N–H and O–H groups in total. The summed E-state index contributed by atoms with van der Waals surface area (Å²) < 4.78 is 36.1. The van der Waals surface area contributed by atoms with Gasteiger partial charge < -0.3 is 0 Å². The van der Waals surface area contributed by atoms with E-state index in [1.807, 2.05) is 18.2 Å². The maximum absolute atomic E-state index is 12.6. The van der Waals surface area contributed by atoms with Crippen LogP contribution in [-0.2, 0) is 19.5 Å². The zero-order valence-corrected chi connectivity index (χ0v) is 16.3. The normalized spacial score (nSPS) is 19.8. The van der Waals surface area contributed by atoms with Crippen molar-refractivity contribution in [1.82, 2.24) is 0 Å². The third-order valence-corrected chi connectivity index (χ3v) is 4.96. The number of carbonyl (C=O) groups excluding carboxylic acids is 1. The summed E-state index contributed by atoms with van der Waals surface area (Å²) in [5.74, 6) is -0.331. The van der Waals surface area contributed by atoms with Crippen LogP contribution in [0.5, 0.6) is 0 Å². The van der Waals surface area contributed by atoms with E-state index in [9.17, 15) is 13.2 Å². The monoisotopic (exact) mass is 379 g/mol. The van der Waals surface area contributed by atoms with Gasteiger partial charge in [-0.2, -0.15) is 0 Å². The first-order chi connectivity index (χ1) is 12.3. The van der Waals surface area contributed by atoms with Crippen LogP contribution in [0.1, 0.15) is 11.1 Å². The number of hydrogen-bond acceptors (Lipinski definition) is 6. The summed E-state index contributed by atoms with van der Waals surface area (Å²) in [6.45, 7) is 0. The molecule has 0 radical (unpaired) electrons. The third kappa shape index (κ3) is 3.04. The summed E-state index contributed by atoms with van der Waals surface area (Å²) in [4.78, 5) is 12.6. The Morgan fingerprint density at radius 2 is 1.77 bits per heavy atom. The van der Waals surface area contributed by atoms with E-state index in [4.69, 9.17) is 4.55 Å². The van der Waals surface area contributed by atoms with Crippen LogP contribution in [0, 0.1) is 0 Å². The number of carbonyl (C=O) groups is 1. The Balaban J connectivity index is 1.95. The maximum atomic E-state index is 12.6. The zero-order chi connectivity index (χ0) is 18.5. The Morgan fingerprint density at radius 1 is 1.04 bits per heavy atom. The van der Waals surface area contributed by atoms with Gasteiger partial charge in [0.15, 0.2) is 0 Å². The number of nitrogens with one attached hydrogen (secondary N) is 2. The van der Waals surface area contributed by atoms with E-state index < -0.39 is 10.4 Å². The first kappa shape index (κ1) is 17.3. The number of para-hydroxylation sites is 1. The van der Waals surface area contributed by atoms with Gasteiger partial charge >= 0.3 is 167 Å². The van der Waals surface area contributed by atoms with E-state index in [0.29, 0.717) is 33.8 Å². The molecule has 0 fully saturated rings. The molecule has 0 unspecified atom stereocenters. The summed E-state index contributed by atoms with van der Waals surface area (Å²) in [6, 6.07) is 12.7. The molecule has 2 aliphatic rings. The van der Waals surface area contributed by atoms with Crippen LogP contribution in [0.3, 0.4) is 0 Å². The molecule has 126 valence electrons. The van der Waals surface area contributed by atoms with Crippen molar-refractivity contribution < 1.29 is 22.0 Å². The fourth-order valence-electron chi connectivity index (χ4n) is 3.02. The number of amides is 1. The second-order valence-corrected chi connectivity index (χ2v) is 8.03. The topological polar surface area (TPSA) is 117 Å². The predicted molar refractivity (Wildman–Crippen MR) is 96.6 cm³/mol. The number of benzene rings is 2. The van der Waals surface area contributed by atoms with Crippen molar-refractivity contribution in [2.45, 2.75) is 0 Å². The van der Waals surface area contributed by atoms with E-state index in [2.05, 4.69) is 20.1 Å². The minimum atomic E-state index is -4.77. The minimum absolute atomic E-state index is 0.120. The molecule has 8 nitrogen and oxygen atoms in total. The average Bonchev–Trinajstić information content (AvgIpc) is 3.08. The second kappa shape index (κ2) is 6.22. The Hall–Kier alpha value is -2.17. The van der Waals surface area contributed by atoms with Crippen molar-refractivity contribution in [2.24, 2.45) is 5.16 Å². The van der Waals surface area contributed by atoms with Gasteiger partial charge in [-0.25, -0.2) is 0 Å². The van der Waals surface area contributed by atoms with Crippen LogP contribution in [0.2, 0.25) is 0 Å². The third-order valence-electron chi connectivity index (χ3n) is 4.07. The number of fused-ring (bicyclic) bond motifs is 2. The van der Waals surface area contributed by atoms with Crippen LogP contribution in [0.4, 0.5) is 11.4 Å². The molecule has 2 aromatic carbocycles. The molecule has 0 aliphatic carbocycles. The molecule has 0 saturated carbocycles. The van der Waals surface area contributed by atoms with E-state index in [1.54, 1.807) is 24.3 Å². The van der Waals surface area contributed by atoms with Gasteiger partial charge in [-0.3, -0.25) is 0 Å². The summed E-state index contributed by atoms with van der Waals surface area (Å²) >= 11 is 0.812. The van der Waals surface area contributed by atoms with Crippen molar-refractivity contribution in [1.29, 1.82) is 0 Å². The van der Waals surface area contributed by atoms with Crippen molar-refractivity contribution in [3.63, 3.8) is 0 Å². The molecule has 2 heterocycles. The zero-order valence-electron chi connectivity index (χ0n) is 13.5. The van der Waals surface area contributed by atoms with Crippen molar-refractivity contribution in [2.75, 3.05) is 10.6 Å². The quantitative estimate of drug-likeness (QED) is 0.307. The molecule has 1 amide bonds. The first-order valence-corrected chi connectivity index (χ1v) is 9.97. The summed E-state index contributed by atoms with van der Waals surface area (Å²) in [5, 5.41) is 9.46. The number of oxime groups is 1. The van der Waals surface area contributed by atoms with Crippen LogP contribution in [0.15, 0.2) is 53.3 Å². The first-order valence-electron chi connectivity index (χ1n) is 7.61. The Morgan fingerprint density at radius 3 is 2.54 bits per heavy atom. The van der Waals surface area contributed by atoms with Gasteiger partial charge in [-0.15, -0.1) is 0 Å². The van der Waals surface area contributed by atoms with E-state index in [1.165, 1.54) is 0 Å². The van der Waals surface area contributed by atoms with E-state index in [0.717, 1.165) is 30.7 Å².